The molecular weight excluding hydrogens is 252 g/mol. The van der Waals surface area contributed by atoms with E-state index in [9.17, 15) is 0 Å². The topological polar surface area (TPSA) is 77.0 Å². The molecule has 3 aromatic rings. The first kappa shape index (κ1) is 12.5. The van der Waals surface area contributed by atoms with Crippen LogP contribution < -0.4 is 11.1 Å². The third kappa shape index (κ3) is 2.18. The number of rotatable bonds is 3. The monoisotopic (exact) mass is 268 g/mol. The number of nitrogen functional groups attached to an aromatic ring is 1. The molecule has 0 aliphatic heterocycles. The van der Waals surface area contributed by atoms with E-state index in [1.54, 1.807) is 12.4 Å². The Morgan fingerprint density at radius 3 is 2.80 bits per heavy atom. The zero-order valence-corrected chi connectivity index (χ0v) is 11.5. The fourth-order valence-corrected chi connectivity index (χ4v) is 2.15. The van der Waals surface area contributed by atoms with Gasteiger partial charge in [0.15, 0.2) is 0 Å². The molecule has 2 heterocycles. The van der Waals surface area contributed by atoms with Crippen LogP contribution in [0, 0.1) is 13.8 Å². The normalized spacial score (nSPS) is 10.9. The Labute approximate surface area is 116 Å². The summed E-state index contributed by atoms with van der Waals surface area (Å²) in [6.45, 7) is 4.38. The van der Waals surface area contributed by atoms with E-state index in [0.717, 1.165) is 33.6 Å². The van der Waals surface area contributed by atoms with Gasteiger partial charge < -0.3 is 15.5 Å². The van der Waals surface area contributed by atoms with E-state index in [1.807, 2.05) is 32.0 Å². The van der Waals surface area contributed by atoms with E-state index in [4.69, 9.17) is 10.2 Å². The number of pyridine rings is 1. The number of aryl methyl sites for hydroxylation is 2. The standard InChI is InChI=1S/C15H16N4O/c1-9-10(2)20-15(19-9)8-18-14-4-3-13(16)11-5-6-17-7-12(11)14/h3-7,18H,8,16H2,1-2H3. The van der Waals surface area contributed by atoms with Crippen LogP contribution in [0.1, 0.15) is 17.3 Å². The van der Waals surface area contributed by atoms with Crippen LogP contribution in [0.15, 0.2) is 35.0 Å². The minimum Gasteiger partial charge on any atom is -0.444 e. The van der Waals surface area contributed by atoms with Crippen LogP contribution in [0.5, 0.6) is 0 Å². The summed E-state index contributed by atoms with van der Waals surface area (Å²) in [6, 6.07) is 5.74. The summed E-state index contributed by atoms with van der Waals surface area (Å²) in [7, 11) is 0. The quantitative estimate of drug-likeness (QED) is 0.714. The van der Waals surface area contributed by atoms with E-state index in [-0.39, 0.29) is 0 Å². The van der Waals surface area contributed by atoms with Gasteiger partial charge in [-0.05, 0) is 32.0 Å². The molecule has 20 heavy (non-hydrogen) atoms. The largest absolute Gasteiger partial charge is 0.444 e. The molecule has 0 atom stereocenters. The highest BCUT2D eigenvalue weighted by molar-refractivity contribution is 6.00. The smallest absolute Gasteiger partial charge is 0.213 e. The van der Waals surface area contributed by atoms with Gasteiger partial charge in [0.1, 0.15) is 5.76 Å². The lowest BCUT2D eigenvalue weighted by molar-refractivity contribution is 0.478. The molecule has 0 unspecified atom stereocenters. The van der Waals surface area contributed by atoms with E-state index in [0.29, 0.717) is 12.4 Å². The molecule has 0 spiro atoms. The van der Waals surface area contributed by atoms with Gasteiger partial charge in [0, 0.05) is 34.5 Å². The lowest BCUT2D eigenvalue weighted by Crippen LogP contribution is -2.01. The van der Waals surface area contributed by atoms with Crippen LogP contribution in [-0.2, 0) is 6.54 Å². The first-order chi connectivity index (χ1) is 9.65. The van der Waals surface area contributed by atoms with Crippen LogP contribution >= 0.6 is 0 Å². The molecule has 0 fully saturated rings. The van der Waals surface area contributed by atoms with Crippen LogP contribution in [0.2, 0.25) is 0 Å². The van der Waals surface area contributed by atoms with Crippen molar-refractivity contribution in [3.05, 3.63) is 47.9 Å². The fraction of sp³-hybridized carbons (Fsp3) is 0.200. The summed E-state index contributed by atoms with van der Waals surface area (Å²) in [5, 5.41) is 5.30. The first-order valence-electron chi connectivity index (χ1n) is 6.44. The fourth-order valence-electron chi connectivity index (χ4n) is 2.15. The zero-order chi connectivity index (χ0) is 14.1. The van der Waals surface area contributed by atoms with Gasteiger partial charge in [-0.25, -0.2) is 4.98 Å². The number of fused-ring (bicyclic) bond motifs is 1. The van der Waals surface area contributed by atoms with E-state index in [1.165, 1.54) is 0 Å². The van der Waals surface area contributed by atoms with Crippen molar-refractivity contribution < 1.29 is 4.42 Å². The molecule has 0 radical (unpaired) electrons. The van der Waals surface area contributed by atoms with Gasteiger partial charge in [-0.1, -0.05) is 0 Å². The Bertz CT molecular complexity index is 744. The SMILES string of the molecule is Cc1nc(CNc2ccc(N)c3ccncc23)oc1C. The summed E-state index contributed by atoms with van der Waals surface area (Å²) in [6.07, 6.45) is 3.55. The molecule has 3 rings (SSSR count). The van der Waals surface area contributed by atoms with Gasteiger partial charge >= 0.3 is 0 Å². The molecule has 5 nitrogen and oxygen atoms in total. The number of oxazole rings is 1. The summed E-state index contributed by atoms with van der Waals surface area (Å²) < 4.78 is 5.56. The van der Waals surface area contributed by atoms with Gasteiger partial charge in [0.25, 0.3) is 0 Å². The van der Waals surface area contributed by atoms with Crippen molar-refractivity contribution in [2.24, 2.45) is 0 Å². The first-order valence-corrected chi connectivity index (χ1v) is 6.44. The Morgan fingerprint density at radius 2 is 2.05 bits per heavy atom. The van der Waals surface area contributed by atoms with Gasteiger partial charge in [0.2, 0.25) is 5.89 Å². The summed E-state index contributed by atoms with van der Waals surface area (Å²) >= 11 is 0. The highest BCUT2D eigenvalue weighted by atomic mass is 16.4. The molecule has 5 heteroatoms. The lowest BCUT2D eigenvalue weighted by Gasteiger charge is -2.09. The molecule has 102 valence electrons. The predicted octanol–water partition coefficient (Wildman–Crippen LogP) is 3.03. The minimum absolute atomic E-state index is 0.530. The Kier molecular flexibility index (Phi) is 3.02. The average molecular weight is 268 g/mol. The third-order valence-electron chi connectivity index (χ3n) is 3.35. The maximum atomic E-state index is 5.97. The van der Waals surface area contributed by atoms with Gasteiger partial charge in [-0.2, -0.15) is 0 Å². The number of anilines is 2. The number of nitrogens with zero attached hydrogens (tertiary/aromatic N) is 2. The maximum absolute atomic E-state index is 5.97. The van der Waals surface area contributed by atoms with E-state index < -0.39 is 0 Å². The molecule has 0 bridgehead atoms. The number of aromatic nitrogens is 2. The molecule has 0 aliphatic rings. The molecular formula is C15H16N4O. The highest BCUT2D eigenvalue weighted by Gasteiger charge is 2.07. The van der Waals surface area contributed by atoms with Crippen LogP contribution in [-0.4, -0.2) is 9.97 Å². The predicted molar refractivity (Wildman–Crippen MR) is 79.5 cm³/mol. The van der Waals surface area contributed by atoms with E-state index >= 15 is 0 Å². The average Bonchev–Trinajstić information content (AvgIpc) is 2.77. The summed E-state index contributed by atoms with van der Waals surface area (Å²) in [4.78, 5) is 8.51. The van der Waals surface area contributed by atoms with Crippen molar-refractivity contribution in [2.75, 3.05) is 11.1 Å². The number of nitrogens with one attached hydrogen (secondary N) is 1. The summed E-state index contributed by atoms with van der Waals surface area (Å²) in [5.41, 5.74) is 8.61. The molecule has 2 aromatic heterocycles. The molecule has 3 N–H and O–H groups in total. The van der Waals surface area contributed by atoms with Gasteiger partial charge in [-0.15, -0.1) is 0 Å². The molecule has 0 amide bonds. The third-order valence-corrected chi connectivity index (χ3v) is 3.35. The van der Waals surface area contributed by atoms with Crippen LogP contribution in [0.3, 0.4) is 0 Å². The van der Waals surface area contributed by atoms with Crippen molar-refractivity contribution in [1.82, 2.24) is 9.97 Å². The summed E-state index contributed by atoms with van der Waals surface area (Å²) in [5.74, 6) is 1.53. The number of nitrogens with two attached hydrogens (primary N) is 1. The Morgan fingerprint density at radius 1 is 1.20 bits per heavy atom. The van der Waals surface area contributed by atoms with E-state index in [2.05, 4.69) is 15.3 Å². The highest BCUT2D eigenvalue weighted by Crippen LogP contribution is 2.27. The van der Waals surface area contributed by atoms with Crippen molar-refractivity contribution in [3.63, 3.8) is 0 Å². The van der Waals surface area contributed by atoms with Gasteiger partial charge in [-0.3, -0.25) is 4.98 Å². The second-order valence-electron chi connectivity index (χ2n) is 4.73. The number of hydrogen-bond donors (Lipinski definition) is 2. The maximum Gasteiger partial charge on any atom is 0.213 e. The van der Waals surface area contributed by atoms with Crippen LogP contribution in [0.4, 0.5) is 11.4 Å². The second kappa shape index (κ2) is 4.85. The minimum atomic E-state index is 0.530. The molecule has 0 saturated carbocycles. The zero-order valence-electron chi connectivity index (χ0n) is 11.5. The molecule has 0 saturated heterocycles. The lowest BCUT2D eigenvalue weighted by atomic mass is 10.1. The van der Waals surface area contributed by atoms with Crippen molar-refractivity contribution in [2.45, 2.75) is 20.4 Å². The van der Waals surface area contributed by atoms with Crippen molar-refractivity contribution in [1.29, 1.82) is 0 Å². The number of benzene rings is 1. The Hall–Kier alpha value is -2.56. The number of hydrogen-bond acceptors (Lipinski definition) is 5. The van der Waals surface area contributed by atoms with Crippen molar-refractivity contribution in [3.8, 4) is 0 Å². The van der Waals surface area contributed by atoms with Gasteiger partial charge in [0.05, 0.1) is 12.2 Å². The molecule has 0 aliphatic carbocycles. The Balaban J connectivity index is 1.89. The van der Waals surface area contributed by atoms with Crippen molar-refractivity contribution >= 4 is 22.1 Å². The molecule has 1 aromatic carbocycles. The second-order valence-corrected chi connectivity index (χ2v) is 4.73. The van der Waals surface area contributed by atoms with Crippen LogP contribution in [0.25, 0.3) is 10.8 Å².